The molecular formula is C33H50N2O. The second-order valence-corrected chi connectivity index (χ2v) is 14.5. The van der Waals surface area contributed by atoms with Crippen LogP contribution >= 0.6 is 0 Å². The van der Waals surface area contributed by atoms with E-state index >= 15 is 0 Å². The second kappa shape index (κ2) is 9.44. The number of nitrogens with one attached hydrogen (secondary N) is 2. The van der Waals surface area contributed by atoms with Crippen LogP contribution in [0.5, 0.6) is 0 Å². The van der Waals surface area contributed by atoms with E-state index in [4.69, 9.17) is 0 Å². The van der Waals surface area contributed by atoms with Crippen molar-refractivity contribution in [2.75, 3.05) is 13.1 Å². The zero-order chi connectivity index (χ0) is 25.1. The maximum atomic E-state index is 12.9. The Hall–Kier alpha value is -1.35. The first-order chi connectivity index (χ1) is 17.2. The van der Waals surface area contributed by atoms with Gasteiger partial charge >= 0.3 is 0 Å². The zero-order valence-electron chi connectivity index (χ0n) is 23.4. The van der Waals surface area contributed by atoms with Gasteiger partial charge in [-0.15, -0.1) is 0 Å². The molecule has 1 amide bonds. The summed E-state index contributed by atoms with van der Waals surface area (Å²) in [6.07, 6.45) is 14.0. The van der Waals surface area contributed by atoms with Gasteiger partial charge in [-0.1, -0.05) is 52.3 Å². The van der Waals surface area contributed by atoms with Gasteiger partial charge in [0.2, 0.25) is 5.91 Å². The lowest BCUT2D eigenvalue weighted by molar-refractivity contribution is -0.125. The molecule has 6 aliphatic carbocycles. The zero-order valence-corrected chi connectivity index (χ0v) is 23.4. The summed E-state index contributed by atoms with van der Waals surface area (Å²) >= 11 is 0. The highest BCUT2D eigenvalue weighted by Crippen LogP contribution is 2.57. The molecule has 5 saturated carbocycles. The van der Waals surface area contributed by atoms with Crippen molar-refractivity contribution in [2.45, 2.75) is 116 Å². The third kappa shape index (κ3) is 4.36. The van der Waals surface area contributed by atoms with Crippen LogP contribution in [-0.4, -0.2) is 25.0 Å². The van der Waals surface area contributed by atoms with E-state index in [9.17, 15) is 4.79 Å². The number of hydrogen-bond acceptors (Lipinski definition) is 2. The number of amides is 1. The molecule has 0 spiro atoms. The Bertz CT molecular complexity index is 956. The Morgan fingerprint density at radius 3 is 2.44 bits per heavy atom. The summed E-state index contributed by atoms with van der Waals surface area (Å²) in [7, 11) is 0. The number of benzene rings is 1. The standard InChI is InChI=1S/C33H50N2O/c1-21(2)24-6-8-28-25(19-24)7-9-29-32(3,11-5-12-33(28,29)4)20-34-13-10-30(36)35-31-26-15-22-14-23(17-26)18-27(31)16-22/h6,8,19,21-23,26-27,29,31,34H,5,7,9-18,20H2,1-4H3,(H,35,36)/t22?,23?,26?,27?,29-,31?,32-,33+/m0/s1. The van der Waals surface area contributed by atoms with Crippen molar-refractivity contribution in [3.63, 3.8) is 0 Å². The minimum absolute atomic E-state index is 0.283. The second-order valence-electron chi connectivity index (χ2n) is 14.5. The first-order valence-electron chi connectivity index (χ1n) is 15.4. The van der Waals surface area contributed by atoms with Gasteiger partial charge in [0.25, 0.3) is 0 Å². The monoisotopic (exact) mass is 490 g/mol. The average Bonchev–Trinajstić information content (AvgIpc) is 2.83. The fourth-order valence-electron chi connectivity index (χ4n) is 10.2. The predicted molar refractivity (Wildman–Crippen MR) is 148 cm³/mol. The van der Waals surface area contributed by atoms with Crippen LogP contribution in [0.3, 0.4) is 0 Å². The van der Waals surface area contributed by atoms with Crippen molar-refractivity contribution >= 4 is 5.91 Å². The molecule has 6 aliphatic rings. The maximum Gasteiger partial charge on any atom is 0.221 e. The van der Waals surface area contributed by atoms with Gasteiger partial charge in [0.1, 0.15) is 0 Å². The first kappa shape index (κ1) is 25.0. The summed E-state index contributed by atoms with van der Waals surface area (Å²) in [6, 6.07) is 7.85. The normalized spacial score (nSPS) is 40.7. The molecule has 3 atom stereocenters. The summed E-state index contributed by atoms with van der Waals surface area (Å²) in [6.45, 7) is 11.6. The number of carbonyl (C=O) groups excluding carboxylic acids is 1. The topological polar surface area (TPSA) is 41.1 Å². The van der Waals surface area contributed by atoms with Crippen molar-refractivity contribution in [2.24, 2.45) is 35.0 Å². The molecule has 1 aromatic carbocycles. The molecule has 2 N–H and O–H groups in total. The van der Waals surface area contributed by atoms with Crippen LogP contribution in [0.4, 0.5) is 0 Å². The summed E-state index contributed by atoms with van der Waals surface area (Å²) in [5, 5.41) is 7.27. The highest BCUT2D eigenvalue weighted by molar-refractivity contribution is 5.76. The molecule has 0 saturated heterocycles. The summed E-state index contributed by atoms with van der Waals surface area (Å²) in [4.78, 5) is 12.9. The molecule has 5 fully saturated rings. The van der Waals surface area contributed by atoms with Crippen molar-refractivity contribution in [3.8, 4) is 0 Å². The molecule has 0 aliphatic heterocycles. The van der Waals surface area contributed by atoms with Crippen LogP contribution in [0.2, 0.25) is 0 Å². The van der Waals surface area contributed by atoms with Gasteiger partial charge in [0.05, 0.1) is 0 Å². The van der Waals surface area contributed by atoms with Gasteiger partial charge < -0.3 is 10.6 Å². The fraction of sp³-hybridized carbons (Fsp3) is 0.788. The van der Waals surface area contributed by atoms with E-state index in [0.717, 1.165) is 36.8 Å². The van der Waals surface area contributed by atoms with Crippen LogP contribution < -0.4 is 10.6 Å². The Morgan fingerprint density at radius 2 is 1.75 bits per heavy atom. The Morgan fingerprint density at radius 1 is 1.03 bits per heavy atom. The molecule has 0 radical (unpaired) electrons. The molecule has 3 nitrogen and oxygen atoms in total. The van der Waals surface area contributed by atoms with E-state index in [2.05, 4.69) is 56.5 Å². The third-order valence-corrected chi connectivity index (χ3v) is 11.8. The maximum absolute atomic E-state index is 12.9. The summed E-state index contributed by atoms with van der Waals surface area (Å²) in [5.41, 5.74) is 5.32. The number of fused-ring (bicyclic) bond motifs is 3. The van der Waals surface area contributed by atoms with Crippen molar-refractivity contribution in [1.82, 2.24) is 10.6 Å². The van der Waals surface area contributed by atoms with Crippen molar-refractivity contribution in [1.29, 1.82) is 0 Å². The molecule has 0 heterocycles. The van der Waals surface area contributed by atoms with Crippen LogP contribution in [0.1, 0.15) is 115 Å². The fourth-order valence-corrected chi connectivity index (χ4v) is 10.2. The highest BCUT2D eigenvalue weighted by atomic mass is 16.1. The Kier molecular flexibility index (Phi) is 6.54. The lowest BCUT2D eigenvalue weighted by atomic mass is 9.49. The lowest BCUT2D eigenvalue weighted by Crippen LogP contribution is -2.56. The molecule has 7 rings (SSSR count). The molecule has 3 heteroatoms. The quantitative estimate of drug-likeness (QED) is 0.416. The third-order valence-electron chi connectivity index (χ3n) is 11.8. The summed E-state index contributed by atoms with van der Waals surface area (Å²) < 4.78 is 0. The van der Waals surface area contributed by atoms with Crippen LogP contribution in [0, 0.1) is 35.0 Å². The Labute approximate surface area is 220 Å². The van der Waals surface area contributed by atoms with E-state index in [1.165, 1.54) is 69.8 Å². The van der Waals surface area contributed by atoms with E-state index in [1.54, 1.807) is 11.1 Å². The van der Waals surface area contributed by atoms with Gasteiger partial charge in [0, 0.05) is 25.6 Å². The Balaban J connectivity index is 1.04. The van der Waals surface area contributed by atoms with Gasteiger partial charge in [-0.25, -0.2) is 0 Å². The van der Waals surface area contributed by atoms with E-state index in [-0.39, 0.29) is 11.3 Å². The molecule has 0 unspecified atom stereocenters. The van der Waals surface area contributed by atoms with Crippen LogP contribution in [0.15, 0.2) is 18.2 Å². The lowest BCUT2D eigenvalue weighted by Gasteiger charge is -2.56. The van der Waals surface area contributed by atoms with E-state index < -0.39 is 0 Å². The smallest absolute Gasteiger partial charge is 0.221 e. The first-order valence-corrected chi connectivity index (χ1v) is 15.4. The van der Waals surface area contributed by atoms with Crippen molar-refractivity contribution < 1.29 is 4.79 Å². The van der Waals surface area contributed by atoms with Gasteiger partial charge in [0.15, 0.2) is 0 Å². The number of aryl methyl sites for hydroxylation is 1. The van der Waals surface area contributed by atoms with Crippen molar-refractivity contribution in [3.05, 3.63) is 34.9 Å². The SMILES string of the molecule is CC(C)c1ccc2c(c1)CC[C@H]1[C@](C)(CNCCC(=O)NC3C4CC5CC(C4)CC3C5)CCC[C@]21C. The number of carbonyl (C=O) groups is 1. The van der Waals surface area contributed by atoms with Crippen LogP contribution in [0.25, 0.3) is 0 Å². The minimum Gasteiger partial charge on any atom is -0.353 e. The van der Waals surface area contributed by atoms with Crippen LogP contribution in [-0.2, 0) is 16.6 Å². The largest absolute Gasteiger partial charge is 0.353 e. The van der Waals surface area contributed by atoms with Gasteiger partial charge in [-0.05, 0) is 121 Å². The van der Waals surface area contributed by atoms with Gasteiger partial charge in [-0.3, -0.25) is 4.79 Å². The number of hydrogen-bond donors (Lipinski definition) is 2. The van der Waals surface area contributed by atoms with E-state index in [0.29, 0.717) is 29.7 Å². The van der Waals surface area contributed by atoms with E-state index in [1.807, 2.05) is 0 Å². The molecule has 1 aromatic rings. The molecule has 4 bridgehead atoms. The number of rotatable bonds is 7. The average molecular weight is 491 g/mol. The molecule has 36 heavy (non-hydrogen) atoms. The molecular weight excluding hydrogens is 440 g/mol. The predicted octanol–water partition coefficient (Wildman–Crippen LogP) is 6.74. The van der Waals surface area contributed by atoms with Gasteiger partial charge in [-0.2, -0.15) is 0 Å². The highest BCUT2D eigenvalue weighted by Gasteiger charge is 2.51. The summed E-state index contributed by atoms with van der Waals surface area (Å²) in [5.74, 6) is 5.06. The minimum atomic E-state index is 0.283. The molecule has 198 valence electrons. The molecule has 0 aromatic heterocycles.